The first kappa shape index (κ1) is 19.6. The molecule has 1 N–H and O–H groups in total. The Labute approximate surface area is 166 Å². The molecule has 0 aliphatic heterocycles. The third kappa shape index (κ3) is 4.95. The Bertz CT molecular complexity index is 917. The van der Waals surface area contributed by atoms with Crippen LogP contribution in [0.2, 0.25) is 0 Å². The van der Waals surface area contributed by atoms with Gasteiger partial charge in [0.2, 0.25) is 5.95 Å². The van der Waals surface area contributed by atoms with E-state index in [9.17, 15) is 4.79 Å². The Hall–Kier alpha value is -3.20. The fraction of sp³-hybridized carbons (Fsp3) is 0.263. The van der Waals surface area contributed by atoms with Crippen LogP contribution in [0.3, 0.4) is 0 Å². The number of hydrogen-bond acceptors (Lipinski definition) is 9. The molecule has 8 nitrogen and oxygen atoms in total. The van der Waals surface area contributed by atoms with Gasteiger partial charge in [0.15, 0.2) is 11.5 Å². The van der Waals surface area contributed by atoms with Gasteiger partial charge in [-0.15, -0.1) is 11.3 Å². The van der Waals surface area contributed by atoms with Crippen molar-refractivity contribution in [2.45, 2.75) is 13.0 Å². The minimum absolute atomic E-state index is 0.115. The van der Waals surface area contributed by atoms with Gasteiger partial charge in [-0.2, -0.15) is 0 Å². The number of ether oxygens (including phenoxy) is 3. The molecule has 3 rings (SSSR count). The van der Waals surface area contributed by atoms with Crippen molar-refractivity contribution in [3.05, 3.63) is 47.7 Å². The van der Waals surface area contributed by atoms with Gasteiger partial charge in [-0.25, -0.2) is 15.0 Å². The summed E-state index contributed by atoms with van der Waals surface area (Å²) in [7, 11) is 3.18. The average Bonchev–Trinajstić information content (AvgIpc) is 3.21. The first-order valence-electron chi connectivity index (χ1n) is 8.53. The van der Waals surface area contributed by atoms with E-state index in [1.54, 1.807) is 32.7 Å². The monoisotopic (exact) mass is 400 g/mol. The molecular weight excluding hydrogens is 380 g/mol. The van der Waals surface area contributed by atoms with Gasteiger partial charge in [0, 0.05) is 24.3 Å². The van der Waals surface area contributed by atoms with Crippen LogP contribution in [0.5, 0.6) is 11.5 Å². The fourth-order valence-electron chi connectivity index (χ4n) is 2.45. The van der Waals surface area contributed by atoms with E-state index >= 15 is 0 Å². The quantitative estimate of drug-likeness (QED) is 0.547. The second-order valence-electron chi connectivity index (χ2n) is 5.59. The van der Waals surface area contributed by atoms with Crippen molar-refractivity contribution in [1.29, 1.82) is 0 Å². The number of rotatable bonds is 9. The summed E-state index contributed by atoms with van der Waals surface area (Å²) >= 11 is 1.45. The highest BCUT2D eigenvalue weighted by Gasteiger charge is 2.15. The van der Waals surface area contributed by atoms with E-state index in [1.807, 2.05) is 23.6 Å². The lowest BCUT2D eigenvalue weighted by molar-refractivity contribution is -0.144. The van der Waals surface area contributed by atoms with E-state index < -0.39 is 0 Å². The molecule has 0 aliphatic carbocycles. The highest BCUT2D eigenvalue weighted by Crippen LogP contribution is 2.38. The lowest BCUT2D eigenvalue weighted by Crippen LogP contribution is -2.12. The molecule has 0 radical (unpaired) electrons. The molecule has 0 saturated carbocycles. The molecule has 3 aromatic rings. The summed E-state index contributed by atoms with van der Waals surface area (Å²) in [5.41, 5.74) is 1.51. The summed E-state index contributed by atoms with van der Waals surface area (Å²) in [6.07, 6.45) is 3.47. The minimum atomic E-state index is -0.322. The smallest absolute Gasteiger partial charge is 0.307 e. The van der Waals surface area contributed by atoms with E-state index in [0.717, 1.165) is 10.6 Å². The standard InChI is InChI=1S/C19H20N4O4S/c1-25-15-6-3-5-14(17(15)26-2)18-23-13(12-28-18)11-27-16(24)7-10-22-19-20-8-4-9-21-19/h3-6,8-9,12H,7,10-11H2,1-2H3,(H,20,21,22). The molecule has 0 bridgehead atoms. The van der Waals surface area contributed by atoms with Gasteiger partial charge in [0.05, 0.1) is 31.9 Å². The van der Waals surface area contributed by atoms with Crippen LogP contribution in [-0.4, -0.2) is 41.7 Å². The zero-order valence-electron chi connectivity index (χ0n) is 15.5. The van der Waals surface area contributed by atoms with E-state index in [0.29, 0.717) is 29.7 Å². The first-order chi connectivity index (χ1) is 13.7. The summed E-state index contributed by atoms with van der Waals surface area (Å²) in [5.74, 6) is 1.42. The molecule has 9 heteroatoms. The van der Waals surface area contributed by atoms with Crippen molar-refractivity contribution in [2.24, 2.45) is 0 Å². The van der Waals surface area contributed by atoms with Crippen LogP contribution in [0.4, 0.5) is 5.95 Å². The van der Waals surface area contributed by atoms with Crippen LogP contribution < -0.4 is 14.8 Å². The zero-order valence-corrected chi connectivity index (χ0v) is 16.4. The molecule has 1 aromatic carbocycles. The predicted molar refractivity (Wildman–Crippen MR) is 106 cm³/mol. The maximum absolute atomic E-state index is 11.9. The Kier molecular flexibility index (Phi) is 6.74. The summed E-state index contributed by atoms with van der Waals surface area (Å²) in [6.45, 7) is 0.510. The normalized spacial score (nSPS) is 10.4. The van der Waals surface area contributed by atoms with Gasteiger partial charge in [-0.1, -0.05) is 6.07 Å². The third-order valence-corrected chi connectivity index (χ3v) is 4.67. The number of aromatic nitrogens is 3. The second-order valence-corrected chi connectivity index (χ2v) is 6.45. The van der Waals surface area contributed by atoms with E-state index in [2.05, 4.69) is 20.3 Å². The van der Waals surface area contributed by atoms with Gasteiger partial charge in [0.1, 0.15) is 11.6 Å². The second kappa shape index (κ2) is 9.65. The lowest BCUT2D eigenvalue weighted by atomic mass is 10.2. The molecule has 0 fully saturated rings. The summed E-state index contributed by atoms with van der Waals surface area (Å²) < 4.78 is 16.1. The van der Waals surface area contributed by atoms with Crippen molar-refractivity contribution in [1.82, 2.24) is 15.0 Å². The number of para-hydroxylation sites is 1. The molecule has 2 aromatic heterocycles. The Balaban J connectivity index is 1.53. The predicted octanol–water partition coefficient (Wildman–Crippen LogP) is 3.16. The maximum Gasteiger partial charge on any atom is 0.307 e. The number of benzene rings is 1. The van der Waals surface area contributed by atoms with Crippen LogP contribution in [0.25, 0.3) is 10.6 Å². The number of hydrogen-bond donors (Lipinski definition) is 1. The third-order valence-electron chi connectivity index (χ3n) is 3.74. The topological polar surface area (TPSA) is 95.5 Å². The van der Waals surface area contributed by atoms with Crippen LogP contribution in [0, 0.1) is 0 Å². The Morgan fingerprint density at radius 1 is 1.14 bits per heavy atom. The van der Waals surface area contributed by atoms with Crippen LogP contribution >= 0.6 is 11.3 Å². The van der Waals surface area contributed by atoms with Crippen molar-refractivity contribution >= 4 is 23.3 Å². The Morgan fingerprint density at radius 3 is 2.71 bits per heavy atom. The Morgan fingerprint density at radius 2 is 1.96 bits per heavy atom. The molecule has 146 valence electrons. The molecule has 0 atom stereocenters. The van der Waals surface area contributed by atoms with Crippen LogP contribution in [0.1, 0.15) is 12.1 Å². The number of thiazole rings is 1. The fourth-order valence-corrected chi connectivity index (χ4v) is 3.27. The van der Waals surface area contributed by atoms with E-state index in [1.165, 1.54) is 11.3 Å². The molecular formula is C19H20N4O4S. The number of nitrogens with one attached hydrogen (secondary N) is 1. The number of carbonyl (C=O) groups is 1. The van der Waals surface area contributed by atoms with Crippen LogP contribution in [-0.2, 0) is 16.1 Å². The largest absolute Gasteiger partial charge is 0.493 e. The van der Waals surface area contributed by atoms with Gasteiger partial charge < -0.3 is 19.5 Å². The summed E-state index contributed by atoms with van der Waals surface area (Å²) in [6, 6.07) is 7.34. The van der Waals surface area contributed by atoms with Gasteiger partial charge in [0.25, 0.3) is 0 Å². The molecule has 2 heterocycles. The number of anilines is 1. The highest BCUT2D eigenvalue weighted by molar-refractivity contribution is 7.13. The minimum Gasteiger partial charge on any atom is -0.493 e. The molecule has 0 aliphatic rings. The van der Waals surface area contributed by atoms with Gasteiger partial charge in [-0.05, 0) is 18.2 Å². The molecule has 0 spiro atoms. The molecule has 0 unspecified atom stereocenters. The lowest BCUT2D eigenvalue weighted by Gasteiger charge is -2.10. The van der Waals surface area contributed by atoms with Gasteiger partial charge >= 0.3 is 5.97 Å². The SMILES string of the molecule is COc1cccc(-c2nc(COC(=O)CCNc3ncccn3)cs2)c1OC. The average molecular weight is 400 g/mol. The van der Waals surface area contributed by atoms with E-state index in [4.69, 9.17) is 14.2 Å². The first-order valence-corrected chi connectivity index (χ1v) is 9.41. The van der Waals surface area contributed by atoms with Gasteiger partial charge in [-0.3, -0.25) is 4.79 Å². The van der Waals surface area contributed by atoms with Crippen molar-refractivity contribution in [2.75, 3.05) is 26.1 Å². The van der Waals surface area contributed by atoms with Crippen molar-refractivity contribution in [3.63, 3.8) is 0 Å². The number of carbonyl (C=O) groups excluding carboxylic acids is 1. The van der Waals surface area contributed by atoms with E-state index in [-0.39, 0.29) is 19.0 Å². The number of methoxy groups -OCH3 is 2. The van der Waals surface area contributed by atoms with Crippen molar-refractivity contribution < 1.29 is 19.0 Å². The zero-order chi connectivity index (χ0) is 19.8. The number of esters is 1. The maximum atomic E-state index is 11.9. The van der Waals surface area contributed by atoms with Crippen LogP contribution in [0.15, 0.2) is 42.0 Å². The summed E-state index contributed by atoms with van der Waals surface area (Å²) in [5, 5.41) is 5.59. The molecule has 0 saturated heterocycles. The summed E-state index contributed by atoms with van der Waals surface area (Å²) in [4.78, 5) is 24.5. The highest BCUT2D eigenvalue weighted by atomic mass is 32.1. The molecule has 0 amide bonds. The molecule has 28 heavy (non-hydrogen) atoms. The number of nitrogens with zero attached hydrogens (tertiary/aromatic N) is 3. The van der Waals surface area contributed by atoms with Crippen molar-refractivity contribution in [3.8, 4) is 22.1 Å².